The highest BCUT2D eigenvalue weighted by molar-refractivity contribution is 6.35. The Balaban J connectivity index is 1.57. The summed E-state index contributed by atoms with van der Waals surface area (Å²) in [5, 5.41) is 3.60. The third-order valence-electron chi connectivity index (χ3n) is 4.50. The van der Waals surface area contributed by atoms with Crippen molar-refractivity contribution in [1.29, 1.82) is 0 Å². The van der Waals surface area contributed by atoms with E-state index in [2.05, 4.69) is 20.3 Å². The van der Waals surface area contributed by atoms with Crippen LogP contribution in [-0.2, 0) is 6.42 Å². The fourth-order valence-corrected chi connectivity index (χ4v) is 3.55. The van der Waals surface area contributed by atoms with E-state index in [4.69, 9.17) is 27.9 Å². The van der Waals surface area contributed by atoms with Gasteiger partial charge in [0.1, 0.15) is 11.6 Å². The summed E-state index contributed by atoms with van der Waals surface area (Å²) in [6.45, 7) is 2.00. The molecule has 2 aromatic heterocycles. The maximum Gasteiger partial charge on any atom is 0.255 e. The highest BCUT2D eigenvalue weighted by Crippen LogP contribution is 2.31. The van der Waals surface area contributed by atoms with Crippen LogP contribution in [0.5, 0.6) is 11.6 Å². The molecule has 8 heteroatoms. The van der Waals surface area contributed by atoms with E-state index < -0.39 is 0 Å². The molecule has 4 rings (SSSR count). The number of carbonyl (C=O) groups excluding carboxylic acids is 1. The summed E-state index contributed by atoms with van der Waals surface area (Å²) in [6.07, 6.45) is 4.09. The Morgan fingerprint density at radius 2 is 1.78 bits per heavy atom. The number of nitrogens with one attached hydrogen (secondary N) is 1. The van der Waals surface area contributed by atoms with E-state index in [-0.39, 0.29) is 5.91 Å². The second kappa shape index (κ2) is 9.77. The SMILES string of the molecule is CCc1nccc(-c2cccnc2Oc2cccc(NC(=O)c3cc(Cl)cc(Cl)c3)c2)n1. The van der Waals surface area contributed by atoms with Gasteiger partial charge in [-0.05, 0) is 48.5 Å². The molecule has 0 saturated heterocycles. The number of rotatable bonds is 6. The molecule has 6 nitrogen and oxygen atoms in total. The van der Waals surface area contributed by atoms with Crippen LogP contribution >= 0.6 is 23.2 Å². The first kappa shape index (κ1) is 21.7. The summed E-state index contributed by atoms with van der Waals surface area (Å²) < 4.78 is 6.04. The Hall–Kier alpha value is -3.48. The maximum atomic E-state index is 12.6. The van der Waals surface area contributed by atoms with Crippen molar-refractivity contribution < 1.29 is 9.53 Å². The van der Waals surface area contributed by atoms with Crippen molar-refractivity contribution in [2.45, 2.75) is 13.3 Å². The molecule has 2 heterocycles. The number of ether oxygens (including phenoxy) is 1. The molecule has 0 fully saturated rings. The van der Waals surface area contributed by atoms with Gasteiger partial charge >= 0.3 is 0 Å². The minimum absolute atomic E-state index is 0.335. The van der Waals surface area contributed by atoms with E-state index in [1.54, 1.807) is 54.9 Å². The van der Waals surface area contributed by atoms with Crippen molar-refractivity contribution >= 4 is 34.8 Å². The van der Waals surface area contributed by atoms with Gasteiger partial charge in [-0.3, -0.25) is 4.79 Å². The van der Waals surface area contributed by atoms with E-state index >= 15 is 0 Å². The Kier molecular flexibility index (Phi) is 6.63. The molecule has 0 radical (unpaired) electrons. The van der Waals surface area contributed by atoms with Crippen LogP contribution in [0.1, 0.15) is 23.1 Å². The first-order chi connectivity index (χ1) is 15.5. The highest BCUT2D eigenvalue weighted by Gasteiger charge is 2.12. The fourth-order valence-electron chi connectivity index (χ4n) is 3.02. The largest absolute Gasteiger partial charge is 0.438 e. The number of anilines is 1. The average molecular weight is 465 g/mol. The van der Waals surface area contributed by atoms with Crippen LogP contribution in [0.15, 0.2) is 73.1 Å². The molecule has 0 saturated carbocycles. The standard InChI is InChI=1S/C24H18Cl2N4O2/c1-2-22-27-10-8-21(30-22)20-7-4-9-28-24(20)32-19-6-3-5-18(14-19)29-23(31)15-11-16(25)13-17(26)12-15/h3-14H,2H2,1H3,(H,29,31). The molecule has 4 aromatic rings. The van der Waals surface area contributed by atoms with Crippen molar-refractivity contribution in [3.8, 4) is 22.9 Å². The Morgan fingerprint density at radius 3 is 2.56 bits per heavy atom. The monoisotopic (exact) mass is 464 g/mol. The van der Waals surface area contributed by atoms with E-state index in [1.165, 1.54) is 0 Å². The van der Waals surface area contributed by atoms with Crippen molar-refractivity contribution in [3.63, 3.8) is 0 Å². The van der Waals surface area contributed by atoms with Gasteiger partial charge < -0.3 is 10.1 Å². The van der Waals surface area contributed by atoms with E-state index in [0.717, 1.165) is 23.5 Å². The van der Waals surface area contributed by atoms with Gasteiger partial charge in [-0.25, -0.2) is 15.0 Å². The quantitative estimate of drug-likeness (QED) is 0.354. The number of amides is 1. The molecular formula is C24H18Cl2N4O2. The van der Waals surface area contributed by atoms with Crippen LogP contribution in [0.3, 0.4) is 0 Å². The highest BCUT2D eigenvalue weighted by atomic mass is 35.5. The Labute approximate surface area is 195 Å². The van der Waals surface area contributed by atoms with Crippen LogP contribution in [0, 0.1) is 0 Å². The van der Waals surface area contributed by atoms with Crippen LogP contribution in [0.2, 0.25) is 10.0 Å². The number of hydrogen-bond acceptors (Lipinski definition) is 5. The third kappa shape index (κ3) is 5.22. The molecular weight excluding hydrogens is 447 g/mol. The lowest BCUT2D eigenvalue weighted by Gasteiger charge is -2.12. The van der Waals surface area contributed by atoms with Crippen molar-refractivity contribution in [1.82, 2.24) is 15.0 Å². The number of carbonyl (C=O) groups is 1. The number of aromatic nitrogens is 3. The normalized spacial score (nSPS) is 10.6. The predicted molar refractivity (Wildman–Crippen MR) is 126 cm³/mol. The summed E-state index contributed by atoms with van der Waals surface area (Å²) in [4.78, 5) is 25.8. The Morgan fingerprint density at radius 1 is 0.969 bits per heavy atom. The zero-order valence-electron chi connectivity index (χ0n) is 17.0. The molecule has 32 heavy (non-hydrogen) atoms. The molecule has 2 aromatic carbocycles. The van der Waals surface area contributed by atoms with Gasteiger partial charge in [-0.1, -0.05) is 36.2 Å². The number of hydrogen-bond donors (Lipinski definition) is 1. The third-order valence-corrected chi connectivity index (χ3v) is 4.94. The zero-order chi connectivity index (χ0) is 22.5. The number of pyridine rings is 1. The molecule has 0 unspecified atom stereocenters. The summed E-state index contributed by atoms with van der Waals surface area (Å²) in [5.74, 6) is 1.32. The van der Waals surface area contributed by atoms with Crippen molar-refractivity contribution in [2.75, 3.05) is 5.32 Å². The first-order valence-corrected chi connectivity index (χ1v) is 10.6. The van der Waals surface area contributed by atoms with E-state index in [0.29, 0.717) is 32.9 Å². The van der Waals surface area contributed by atoms with Crippen LogP contribution in [0.4, 0.5) is 5.69 Å². The number of nitrogens with zero attached hydrogens (tertiary/aromatic N) is 3. The topological polar surface area (TPSA) is 77.0 Å². The van der Waals surface area contributed by atoms with Gasteiger partial charge in [0.05, 0.1) is 11.3 Å². The molecule has 0 bridgehead atoms. The van der Waals surface area contributed by atoms with Gasteiger partial charge in [0.25, 0.3) is 5.91 Å². The van der Waals surface area contributed by atoms with Gasteiger partial charge in [-0.2, -0.15) is 0 Å². The number of benzene rings is 2. The van der Waals surface area contributed by atoms with Crippen LogP contribution < -0.4 is 10.1 Å². The van der Waals surface area contributed by atoms with E-state index in [9.17, 15) is 4.79 Å². The van der Waals surface area contributed by atoms with Gasteiger partial charge in [-0.15, -0.1) is 0 Å². The molecule has 0 aliphatic rings. The summed E-state index contributed by atoms with van der Waals surface area (Å²) in [6, 6.07) is 17.2. The van der Waals surface area contributed by atoms with Gasteiger partial charge in [0, 0.05) is 46.2 Å². The van der Waals surface area contributed by atoms with Gasteiger partial charge in [0.15, 0.2) is 0 Å². The van der Waals surface area contributed by atoms with E-state index in [1.807, 2.05) is 25.1 Å². The lowest BCUT2D eigenvalue weighted by Crippen LogP contribution is -2.11. The van der Waals surface area contributed by atoms with Crippen LogP contribution in [-0.4, -0.2) is 20.9 Å². The maximum absolute atomic E-state index is 12.6. The first-order valence-electron chi connectivity index (χ1n) is 9.84. The molecule has 0 atom stereocenters. The minimum Gasteiger partial charge on any atom is -0.438 e. The fraction of sp³-hybridized carbons (Fsp3) is 0.0833. The molecule has 160 valence electrons. The molecule has 0 aliphatic carbocycles. The van der Waals surface area contributed by atoms with Crippen molar-refractivity contribution in [3.05, 3.63) is 94.5 Å². The minimum atomic E-state index is -0.335. The molecule has 0 aliphatic heterocycles. The molecule has 1 N–H and O–H groups in total. The summed E-state index contributed by atoms with van der Waals surface area (Å²) >= 11 is 12.0. The lowest BCUT2D eigenvalue weighted by molar-refractivity contribution is 0.102. The number of aryl methyl sites for hydroxylation is 1. The summed E-state index contributed by atoms with van der Waals surface area (Å²) in [7, 11) is 0. The smallest absolute Gasteiger partial charge is 0.255 e. The van der Waals surface area contributed by atoms with Crippen molar-refractivity contribution in [2.24, 2.45) is 0 Å². The van der Waals surface area contributed by atoms with Crippen LogP contribution in [0.25, 0.3) is 11.3 Å². The van der Waals surface area contributed by atoms with Gasteiger partial charge in [0.2, 0.25) is 5.88 Å². The second-order valence-electron chi connectivity index (χ2n) is 6.81. The predicted octanol–water partition coefficient (Wildman–Crippen LogP) is 6.45. The molecule has 1 amide bonds. The second-order valence-corrected chi connectivity index (χ2v) is 7.68. The average Bonchev–Trinajstić information content (AvgIpc) is 2.79. The number of halogens is 2. The zero-order valence-corrected chi connectivity index (χ0v) is 18.6. The molecule has 0 spiro atoms. The summed E-state index contributed by atoms with van der Waals surface area (Å²) in [5.41, 5.74) is 2.38. The Bertz CT molecular complexity index is 1260. The lowest BCUT2D eigenvalue weighted by atomic mass is 10.2.